The summed E-state index contributed by atoms with van der Waals surface area (Å²) < 4.78 is 0. The highest BCUT2D eigenvalue weighted by Crippen LogP contribution is 2.27. The molecule has 1 aromatic rings. The Morgan fingerprint density at radius 1 is 1.33 bits per heavy atom. The van der Waals surface area contributed by atoms with Crippen molar-refractivity contribution in [3.8, 4) is 0 Å². The molecule has 0 bridgehead atoms. The fourth-order valence-corrected chi connectivity index (χ4v) is 2.54. The maximum Gasteiger partial charge on any atom is 0.251 e. The summed E-state index contributed by atoms with van der Waals surface area (Å²) in [5, 5.41) is 13.3. The second-order valence-corrected chi connectivity index (χ2v) is 5.27. The van der Waals surface area contributed by atoms with E-state index in [4.69, 9.17) is 11.6 Å². The average molecular weight is 268 g/mol. The molecule has 4 heteroatoms. The summed E-state index contributed by atoms with van der Waals surface area (Å²) in [6, 6.07) is 6.73. The van der Waals surface area contributed by atoms with Crippen LogP contribution in [0.2, 0.25) is 5.02 Å². The summed E-state index contributed by atoms with van der Waals surface area (Å²) in [6.07, 6.45) is 4.08. The lowest BCUT2D eigenvalue weighted by Crippen LogP contribution is -2.35. The van der Waals surface area contributed by atoms with Gasteiger partial charge in [-0.3, -0.25) is 4.79 Å². The first-order valence-electron chi connectivity index (χ1n) is 6.38. The van der Waals surface area contributed by atoms with Gasteiger partial charge < -0.3 is 10.4 Å². The van der Waals surface area contributed by atoms with Gasteiger partial charge in [0, 0.05) is 17.1 Å². The summed E-state index contributed by atoms with van der Waals surface area (Å²) in [4.78, 5) is 11.8. The topological polar surface area (TPSA) is 49.3 Å². The van der Waals surface area contributed by atoms with E-state index in [0.29, 0.717) is 23.0 Å². The summed E-state index contributed by atoms with van der Waals surface area (Å²) in [7, 11) is 0. The normalized spacial score (nSPS) is 17.7. The Bertz CT molecular complexity index is 399. The largest absolute Gasteiger partial charge is 0.391 e. The predicted molar refractivity (Wildman–Crippen MR) is 71.8 cm³/mol. The molecule has 3 nitrogen and oxygen atoms in total. The van der Waals surface area contributed by atoms with E-state index in [2.05, 4.69) is 5.32 Å². The summed E-state index contributed by atoms with van der Waals surface area (Å²) >= 11 is 5.76. The van der Waals surface area contributed by atoms with Gasteiger partial charge in [0.15, 0.2) is 0 Å². The van der Waals surface area contributed by atoms with Crippen molar-refractivity contribution in [2.75, 3.05) is 6.54 Å². The van der Waals surface area contributed by atoms with Gasteiger partial charge in [0.1, 0.15) is 0 Å². The fourth-order valence-electron chi connectivity index (χ4n) is 2.41. The molecule has 1 fully saturated rings. The van der Waals surface area contributed by atoms with E-state index in [1.165, 1.54) is 12.8 Å². The molecule has 1 aromatic carbocycles. The van der Waals surface area contributed by atoms with Gasteiger partial charge >= 0.3 is 0 Å². The highest BCUT2D eigenvalue weighted by molar-refractivity contribution is 6.30. The van der Waals surface area contributed by atoms with Gasteiger partial charge in [-0.2, -0.15) is 0 Å². The van der Waals surface area contributed by atoms with Crippen molar-refractivity contribution < 1.29 is 9.90 Å². The van der Waals surface area contributed by atoms with E-state index in [0.717, 1.165) is 12.8 Å². The van der Waals surface area contributed by atoms with Crippen molar-refractivity contribution in [3.63, 3.8) is 0 Å². The van der Waals surface area contributed by atoms with Crippen LogP contribution in [0.25, 0.3) is 0 Å². The number of rotatable bonds is 4. The number of amides is 1. The Labute approximate surface area is 112 Å². The molecule has 1 aliphatic rings. The highest BCUT2D eigenvalue weighted by atomic mass is 35.5. The molecule has 1 unspecified atom stereocenters. The first-order chi connectivity index (χ1) is 8.66. The number of carbonyl (C=O) groups excluding carboxylic acids is 1. The predicted octanol–water partition coefficient (Wildman–Crippen LogP) is 2.62. The van der Waals surface area contributed by atoms with Crippen LogP contribution in [0.5, 0.6) is 0 Å². The van der Waals surface area contributed by atoms with Gasteiger partial charge in [0.2, 0.25) is 0 Å². The molecule has 0 radical (unpaired) electrons. The SMILES string of the molecule is O=C(NCC(O)C1CCCC1)c1ccc(Cl)cc1. The Balaban J connectivity index is 1.82. The van der Waals surface area contributed by atoms with Crippen LogP contribution in [0.1, 0.15) is 36.0 Å². The van der Waals surface area contributed by atoms with E-state index in [1.54, 1.807) is 24.3 Å². The van der Waals surface area contributed by atoms with E-state index in [-0.39, 0.29) is 5.91 Å². The summed E-state index contributed by atoms with van der Waals surface area (Å²) in [6.45, 7) is 0.326. The zero-order valence-corrected chi connectivity index (χ0v) is 11.0. The van der Waals surface area contributed by atoms with Crippen LogP contribution in [-0.4, -0.2) is 23.7 Å². The molecule has 2 N–H and O–H groups in total. The number of benzene rings is 1. The lowest BCUT2D eigenvalue weighted by atomic mass is 10.0. The zero-order chi connectivity index (χ0) is 13.0. The molecule has 1 amide bonds. The number of halogens is 1. The standard InChI is InChI=1S/C14H18ClNO2/c15-12-7-5-11(6-8-12)14(18)16-9-13(17)10-3-1-2-4-10/h5-8,10,13,17H,1-4,9H2,(H,16,18). The minimum Gasteiger partial charge on any atom is -0.391 e. The summed E-state index contributed by atoms with van der Waals surface area (Å²) in [5.41, 5.74) is 0.568. The molecule has 18 heavy (non-hydrogen) atoms. The first-order valence-corrected chi connectivity index (χ1v) is 6.76. The van der Waals surface area contributed by atoms with Crippen LogP contribution in [0.15, 0.2) is 24.3 Å². The number of carbonyl (C=O) groups is 1. The molecule has 2 rings (SSSR count). The molecule has 1 atom stereocenters. The molecule has 0 aliphatic heterocycles. The third-order valence-corrected chi connectivity index (χ3v) is 3.77. The zero-order valence-electron chi connectivity index (χ0n) is 10.2. The minimum atomic E-state index is -0.427. The average Bonchev–Trinajstić information content (AvgIpc) is 2.90. The van der Waals surface area contributed by atoms with Crippen molar-refractivity contribution >= 4 is 17.5 Å². The monoisotopic (exact) mass is 267 g/mol. The molecule has 0 heterocycles. The van der Waals surface area contributed by atoms with Crippen LogP contribution >= 0.6 is 11.6 Å². The van der Waals surface area contributed by atoms with E-state index < -0.39 is 6.10 Å². The Morgan fingerprint density at radius 2 is 1.94 bits per heavy atom. The second kappa shape index (κ2) is 6.21. The maximum atomic E-state index is 11.8. The van der Waals surface area contributed by atoms with Crippen LogP contribution in [0.4, 0.5) is 0 Å². The Hall–Kier alpha value is -1.06. The van der Waals surface area contributed by atoms with Crippen molar-refractivity contribution in [2.45, 2.75) is 31.8 Å². The number of nitrogens with one attached hydrogen (secondary N) is 1. The minimum absolute atomic E-state index is 0.163. The molecule has 0 saturated heterocycles. The van der Waals surface area contributed by atoms with E-state index >= 15 is 0 Å². The lowest BCUT2D eigenvalue weighted by Gasteiger charge is -2.18. The lowest BCUT2D eigenvalue weighted by molar-refractivity contribution is 0.0840. The third-order valence-electron chi connectivity index (χ3n) is 3.52. The molecular formula is C14H18ClNO2. The van der Waals surface area contributed by atoms with Crippen molar-refractivity contribution in [3.05, 3.63) is 34.9 Å². The Kier molecular flexibility index (Phi) is 4.61. The van der Waals surface area contributed by atoms with Gasteiger partial charge in [-0.1, -0.05) is 24.4 Å². The number of hydrogen-bond donors (Lipinski definition) is 2. The van der Waals surface area contributed by atoms with Gasteiger partial charge in [0.25, 0.3) is 5.91 Å². The van der Waals surface area contributed by atoms with Crippen molar-refractivity contribution in [1.82, 2.24) is 5.32 Å². The smallest absolute Gasteiger partial charge is 0.251 e. The van der Waals surface area contributed by atoms with Gasteiger partial charge in [-0.15, -0.1) is 0 Å². The maximum absolute atomic E-state index is 11.8. The number of hydrogen-bond acceptors (Lipinski definition) is 2. The van der Waals surface area contributed by atoms with Crippen molar-refractivity contribution in [2.24, 2.45) is 5.92 Å². The summed E-state index contributed by atoms with van der Waals surface area (Å²) in [5.74, 6) is 0.180. The second-order valence-electron chi connectivity index (χ2n) is 4.83. The van der Waals surface area contributed by atoms with E-state index in [9.17, 15) is 9.90 Å². The molecule has 98 valence electrons. The fraction of sp³-hybridized carbons (Fsp3) is 0.500. The quantitative estimate of drug-likeness (QED) is 0.881. The van der Waals surface area contributed by atoms with Crippen LogP contribution < -0.4 is 5.32 Å². The molecular weight excluding hydrogens is 250 g/mol. The molecule has 0 spiro atoms. The highest BCUT2D eigenvalue weighted by Gasteiger charge is 2.23. The van der Waals surface area contributed by atoms with Crippen LogP contribution in [0.3, 0.4) is 0 Å². The van der Waals surface area contributed by atoms with E-state index in [1.807, 2.05) is 0 Å². The van der Waals surface area contributed by atoms with Crippen LogP contribution in [0, 0.1) is 5.92 Å². The number of aliphatic hydroxyl groups is 1. The Morgan fingerprint density at radius 3 is 2.56 bits per heavy atom. The van der Waals surface area contributed by atoms with Crippen LogP contribution in [-0.2, 0) is 0 Å². The third kappa shape index (κ3) is 3.47. The molecule has 1 aliphatic carbocycles. The number of aliphatic hydroxyl groups excluding tert-OH is 1. The van der Waals surface area contributed by atoms with Gasteiger partial charge in [-0.05, 0) is 43.0 Å². The first kappa shape index (κ1) is 13.4. The van der Waals surface area contributed by atoms with Crippen molar-refractivity contribution in [1.29, 1.82) is 0 Å². The molecule has 1 saturated carbocycles. The van der Waals surface area contributed by atoms with Gasteiger partial charge in [0.05, 0.1) is 6.10 Å². The van der Waals surface area contributed by atoms with Gasteiger partial charge in [-0.25, -0.2) is 0 Å². The molecule has 0 aromatic heterocycles.